The van der Waals surface area contributed by atoms with Gasteiger partial charge in [0, 0.05) is 5.02 Å². The van der Waals surface area contributed by atoms with E-state index in [2.05, 4.69) is 12.2 Å². The summed E-state index contributed by atoms with van der Waals surface area (Å²) < 4.78 is 0. The number of hydrogen-bond donors (Lipinski definition) is 2. The predicted octanol–water partition coefficient (Wildman–Crippen LogP) is 2.55. The number of benzene rings is 1. The van der Waals surface area contributed by atoms with Crippen LogP contribution >= 0.6 is 11.6 Å². The first kappa shape index (κ1) is 12.5. The zero-order chi connectivity index (χ0) is 11.3. The molecule has 3 heteroatoms. The van der Waals surface area contributed by atoms with Crippen LogP contribution in [0.3, 0.4) is 0 Å². The molecule has 0 radical (unpaired) electrons. The van der Waals surface area contributed by atoms with E-state index in [0.29, 0.717) is 5.02 Å². The van der Waals surface area contributed by atoms with Crippen LogP contribution in [0.4, 0.5) is 0 Å². The Morgan fingerprint density at radius 1 is 1.40 bits per heavy atom. The van der Waals surface area contributed by atoms with Gasteiger partial charge in [-0.1, -0.05) is 36.7 Å². The Morgan fingerprint density at radius 2 is 2.07 bits per heavy atom. The maximum atomic E-state index is 9.47. The first-order chi connectivity index (χ1) is 7.14. The van der Waals surface area contributed by atoms with Crippen LogP contribution in [0.15, 0.2) is 24.3 Å². The summed E-state index contributed by atoms with van der Waals surface area (Å²) in [5, 5.41) is 13.5. The Labute approximate surface area is 96.3 Å². The lowest BCUT2D eigenvalue weighted by Crippen LogP contribution is -2.43. The Balaban J connectivity index is 2.95. The van der Waals surface area contributed by atoms with Crippen LogP contribution in [-0.2, 0) is 5.54 Å². The van der Waals surface area contributed by atoms with E-state index < -0.39 is 5.54 Å². The average Bonchev–Trinajstić information content (AvgIpc) is 2.26. The molecule has 2 nitrogen and oxygen atoms in total. The van der Waals surface area contributed by atoms with Crippen molar-refractivity contribution < 1.29 is 5.11 Å². The standard InChI is InChI=1S/C12H18ClNO/c1-3-8-14-12(2,9-15)10-6-4-5-7-11(10)13/h4-7,14-15H,3,8-9H2,1-2H3. The van der Waals surface area contributed by atoms with Crippen molar-refractivity contribution in [3.05, 3.63) is 34.9 Å². The minimum atomic E-state index is -0.450. The molecule has 1 unspecified atom stereocenters. The van der Waals surface area contributed by atoms with Gasteiger partial charge in [-0.05, 0) is 31.5 Å². The Bertz CT molecular complexity index is 316. The summed E-state index contributed by atoms with van der Waals surface area (Å²) in [6, 6.07) is 7.62. The highest BCUT2D eigenvalue weighted by Gasteiger charge is 2.26. The number of nitrogens with one attached hydrogen (secondary N) is 1. The second-order valence-corrected chi connectivity index (χ2v) is 4.30. The molecule has 84 valence electrons. The molecular formula is C12H18ClNO. The minimum absolute atomic E-state index is 0.0384. The van der Waals surface area contributed by atoms with Crippen LogP contribution in [-0.4, -0.2) is 18.3 Å². The molecular weight excluding hydrogens is 210 g/mol. The van der Waals surface area contributed by atoms with Crippen LogP contribution in [0.2, 0.25) is 5.02 Å². The number of hydrogen-bond acceptors (Lipinski definition) is 2. The van der Waals surface area contributed by atoms with E-state index in [1.165, 1.54) is 0 Å². The maximum absolute atomic E-state index is 9.47. The molecule has 0 spiro atoms. The summed E-state index contributed by atoms with van der Waals surface area (Å²) >= 11 is 6.12. The molecule has 0 aliphatic heterocycles. The molecule has 0 heterocycles. The molecule has 0 aliphatic carbocycles. The SMILES string of the molecule is CCCNC(C)(CO)c1ccccc1Cl. The minimum Gasteiger partial charge on any atom is -0.394 e. The highest BCUT2D eigenvalue weighted by Crippen LogP contribution is 2.27. The van der Waals surface area contributed by atoms with Gasteiger partial charge < -0.3 is 10.4 Å². The third kappa shape index (κ3) is 2.94. The van der Waals surface area contributed by atoms with Gasteiger partial charge in [0.15, 0.2) is 0 Å². The molecule has 15 heavy (non-hydrogen) atoms. The molecule has 1 aromatic rings. The monoisotopic (exact) mass is 227 g/mol. The average molecular weight is 228 g/mol. The molecule has 0 saturated carbocycles. The molecule has 0 bridgehead atoms. The van der Waals surface area contributed by atoms with Crippen LogP contribution in [0.25, 0.3) is 0 Å². The molecule has 0 saturated heterocycles. The van der Waals surface area contributed by atoms with Crippen molar-refractivity contribution >= 4 is 11.6 Å². The zero-order valence-electron chi connectivity index (χ0n) is 9.26. The highest BCUT2D eigenvalue weighted by molar-refractivity contribution is 6.31. The first-order valence-electron chi connectivity index (χ1n) is 5.25. The summed E-state index contributed by atoms with van der Waals surface area (Å²) in [4.78, 5) is 0. The Morgan fingerprint density at radius 3 is 2.60 bits per heavy atom. The van der Waals surface area contributed by atoms with Crippen molar-refractivity contribution in [2.24, 2.45) is 0 Å². The van der Waals surface area contributed by atoms with Crippen LogP contribution < -0.4 is 5.32 Å². The number of halogens is 1. The van der Waals surface area contributed by atoms with E-state index in [9.17, 15) is 5.11 Å². The van der Waals surface area contributed by atoms with Crippen molar-refractivity contribution in [1.29, 1.82) is 0 Å². The van der Waals surface area contributed by atoms with Gasteiger partial charge in [-0.15, -0.1) is 0 Å². The number of aliphatic hydroxyl groups excluding tert-OH is 1. The summed E-state index contributed by atoms with van der Waals surface area (Å²) in [5.41, 5.74) is 0.497. The van der Waals surface area contributed by atoms with Gasteiger partial charge in [-0.25, -0.2) is 0 Å². The fraction of sp³-hybridized carbons (Fsp3) is 0.500. The topological polar surface area (TPSA) is 32.3 Å². The van der Waals surface area contributed by atoms with Gasteiger partial charge in [0.25, 0.3) is 0 Å². The van der Waals surface area contributed by atoms with Gasteiger partial charge in [0.2, 0.25) is 0 Å². The molecule has 0 amide bonds. The fourth-order valence-electron chi connectivity index (χ4n) is 1.55. The van der Waals surface area contributed by atoms with E-state index in [0.717, 1.165) is 18.5 Å². The van der Waals surface area contributed by atoms with E-state index in [1.54, 1.807) is 0 Å². The molecule has 0 fully saturated rings. The summed E-state index contributed by atoms with van der Waals surface area (Å²) in [7, 11) is 0. The van der Waals surface area contributed by atoms with E-state index in [4.69, 9.17) is 11.6 Å². The smallest absolute Gasteiger partial charge is 0.0655 e. The second kappa shape index (κ2) is 5.50. The van der Waals surface area contributed by atoms with Crippen LogP contribution in [0.5, 0.6) is 0 Å². The zero-order valence-corrected chi connectivity index (χ0v) is 10.0. The largest absolute Gasteiger partial charge is 0.394 e. The molecule has 0 aliphatic rings. The van der Waals surface area contributed by atoms with Crippen molar-refractivity contribution in [1.82, 2.24) is 5.32 Å². The van der Waals surface area contributed by atoms with Gasteiger partial charge in [-0.2, -0.15) is 0 Å². The third-order valence-electron chi connectivity index (χ3n) is 2.55. The van der Waals surface area contributed by atoms with E-state index in [1.807, 2.05) is 31.2 Å². The Hall–Kier alpha value is -0.570. The molecule has 2 N–H and O–H groups in total. The lowest BCUT2D eigenvalue weighted by molar-refractivity contribution is 0.175. The lowest BCUT2D eigenvalue weighted by Gasteiger charge is -2.30. The van der Waals surface area contributed by atoms with E-state index >= 15 is 0 Å². The van der Waals surface area contributed by atoms with Gasteiger partial charge >= 0.3 is 0 Å². The molecule has 0 aromatic heterocycles. The normalized spacial score (nSPS) is 14.9. The predicted molar refractivity (Wildman–Crippen MR) is 64.2 cm³/mol. The van der Waals surface area contributed by atoms with Crippen molar-refractivity contribution in [2.75, 3.05) is 13.2 Å². The fourth-order valence-corrected chi connectivity index (χ4v) is 1.89. The summed E-state index contributed by atoms with van der Waals surface area (Å²) in [5.74, 6) is 0. The quantitative estimate of drug-likeness (QED) is 0.811. The van der Waals surface area contributed by atoms with Gasteiger partial charge in [0.05, 0.1) is 12.1 Å². The molecule has 1 aromatic carbocycles. The lowest BCUT2D eigenvalue weighted by atomic mass is 9.92. The van der Waals surface area contributed by atoms with Crippen LogP contribution in [0.1, 0.15) is 25.8 Å². The first-order valence-corrected chi connectivity index (χ1v) is 5.62. The summed E-state index contributed by atoms with van der Waals surface area (Å²) in [6.45, 7) is 4.96. The number of aliphatic hydroxyl groups is 1. The number of rotatable bonds is 5. The summed E-state index contributed by atoms with van der Waals surface area (Å²) in [6.07, 6.45) is 1.03. The van der Waals surface area contributed by atoms with E-state index in [-0.39, 0.29) is 6.61 Å². The van der Waals surface area contributed by atoms with Crippen LogP contribution in [0, 0.1) is 0 Å². The highest BCUT2D eigenvalue weighted by atomic mass is 35.5. The molecule has 1 rings (SSSR count). The molecule has 1 atom stereocenters. The Kier molecular flexibility index (Phi) is 4.58. The van der Waals surface area contributed by atoms with Crippen molar-refractivity contribution in [3.63, 3.8) is 0 Å². The van der Waals surface area contributed by atoms with Gasteiger partial charge in [0.1, 0.15) is 0 Å². The van der Waals surface area contributed by atoms with Crippen molar-refractivity contribution in [3.8, 4) is 0 Å². The van der Waals surface area contributed by atoms with Crippen molar-refractivity contribution in [2.45, 2.75) is 25.8 Å². The second-order valence-electron chi connectivity index (χ2n) is 3.90. The van der Waals surface area contributed by atoms with Gasteiger partial charge in [-0.3, -0.25) is 0 Å². The maximum Gasteiger partial charge on any atom is 0.0655 e. The third-order valence-corrected chi connectivity index (χ3v) is 2.88.